The van der Waals surface area contributed by atoms with E-state index < -0.39 is 0 Å². The molecule has 4 nitrogen and oxygen atoms in total. The molecule has 0 amide bonds. The highest BCUT2D eigenvalue weighted by Crippen LogP contribution is 2.31. The quantitative estimate of drug-likeness (QED) is 0.666. The third-order valence-electron chi connectivity index (χ3n) is 5.94. The summed E-state index contributed by atoms with van der Waals surface area (Å²) in [4.78, 5) is 11.7. The highest BCUT2D eigenvalue weighted by molar-refractivity contribution is 6.11. The molecular weight excluding hydrogens is 346 g/mol. The van der Waals surface area contributed by atoms with Crippen LogP contribution < -0.4 is 0 Å². The first-order chi connectivity index (χ1) is 13.7. The summed E-state index contributed by atoms with van der Waals surface area (Å²) in [7, 11) is 1.71. The number of allylic oxidation sites excluding steroid dienone is 1. The molecule has 0 saturated carbocycles. The van der Waals surface area contributed by atoms with E-state index in [1.165, 1.54) is 61.9 Å². The lowest BCUT2D eigenvalue weighted by Crippen LogP contribution is -1.96. The van der Waals surface area contributed by atoms with E-state index in [-0.39, 0.29) is 0 Å². The van der Waals surface area contributed by atoms with E-state index in [0.717, 1.165) is 29.3 Å². The van der Waals surface area contributed by atoms with Crippen LogP contribution in [-0.2, 0) is 11.2 Å². The summed E-state index contributed by atoms with van der Waals surface area (Å²) in [5, 5.41) is 0. The van der Waals surface area contributed by atoms with E-state index in [0.29, 0.717) is 5.92 Å². The molecule has 0 spiro atoms. The van der Waals surface area contributed by atoms with E-state index in [9.17, 15) is 0 Å². The van der Waals surface area contributed by atoms with Crippen molar-refractivity contribution in [1.82, 2.24) is 9.97 Å². The molecule has 0 radical (unpaired) electrons. The van der Waals surface area contributed by atoms with Gasteiger partial charge < -0.3 is 14.7 Å². The Morgan fingerprint density at radius 2 is 1.96 bits per heavy atom. The minimum absolute atomic E-state index is 0.555. The van der Waals surface area contributed by atoms with Gasteiger partial charge in [-0.3, -0.25) is 0 Å². The van der Waals surface area contributed by atoms with Gasteiger partial charge in [0.05, 0.1) is 18.5 Å². The highest BCUT2D eigenvalue weighted by Gasteiger charge is 2.20. The van der Waals surface area contributed by atoms with Crippen molar-refractivity contribution in [3.05, 3.63) is 64.6 Å². The number of aliphatic imine (C=N–C) groups is 1. The summed E-state index contributed by atoms with van der Waals surface area (Å²) in [5.41, 5.74) is 6.78. The van der Waals surface area contributed by atoms with Gasteiger partial charge in [-0.1, -0.05) is 39.0 Å². The molecule has 2 aromatic heterocycles. The Hall–Kier alpha value is -2.49. The lowest BCUT2D eigenvalue weighted by Gasteiger charge is -2.12. The number of ether oxygens (including phenoxy) is 1. The van der Waals surface area contributed by atoms with Crippen LogP contribution in [-0.4, -0.2) is 22.8 Å². The fraction of sp³-hybridized carbons (Fsp3) is 0.458. The molecule has 1 aliphatic heterocycles. The van der Waals surface area contributed by atoms with Gasteiger partial charge in [0.25, 0.3) is 0 Å². The van der Waals surface area contributed by atoms with Gasteiger partial charge in [0.15, 0.2) is 0 Å². The zero-order valence-electron chi connectivity index (χ0n) is 17.1. The highest BCUT2D eigenvalue weighted by atomic mass is 16.5. The van der Waals surface area contributed by atoms with Crippen molar-refractivity contribution in [1.29, 1.82) is 0 Å². The topological polar surface area (TPSA) is 53.2 Å². The van der Waals surface area contributed by atoms with Gasteiger partial charge >= 0.3 is 0 Å². The predicted octanol–water partition coefficient (Wildman–Crippen LogP) is 6.11. The second-order valence-corrected chi connectivity index (χ2v) is 8.05. The van der Waals surface area contributed by atoms with Crippen molar-refractivity contribution < 1.29 is 4.74 Å². The maximum atomic E-state index is 5.62. The van der Waals surface area contributed by atoms with Crippen molar-refractivity contribution in [3.63, 3.8) is 0 Å². The Labute approximate surface area is 167 Å². The number of hydrogen-bond donors (Lipinski definition) is 2. The number of methoxy groups -OCH3 is 1. The minimum Gasteiger partial charge on any atom is -0.494 e. The van der Waals surface area contributed by atoms with Gasteiger partial charge in [-0.25, -0.2) is 4.99 Å². The third kappa shape index (κ3) is 4.16. The summed E-state index contributed by atoms with van der Waals surface area (Å²) in [6, 6.07) is 6.41. The minimum atomic E-state index is 0.555. The van der Waals surface area contributed by atoms with Crippen molar-refractivity contribution >= 4 is 11.8 Å². The monoisotopic (exact) mass is 377 g/mol. The van der Waals surface area contributed by atoms with Crippen LogP contribution in [0.1, 0.15) is 80.4 Å². The van der Waals surface area contributed by atoms with Gasteiger partial charge in [0.2, 0.25) is 0 Å². The average Bonchev–Trinajstić information content (AvgIpc) is 3.42. The molecule has 0 aromatic carbocycles. The van der Waals surface area contributed by atoms with E-state index in [2.05, 4.69) is 29.0 Å². The zero-order valence-corrected chi connectivity index (χ0v) is 17.1. The number of nitrogens with zero attached hydrogens (tertiary/aromatic N) is 1. The molecule has 2 aliphatic rings. The first kappa shape index (κ1) is 18.9. The maximum Gasteiger partial charge on any atom is 0.146 e. The lowest BCUT2D eigenvalue weighted by molar-refractivity contribution is 0.303. The summed E-state index contributed by atoms with van der Waals surface area (Å²) in [6.45, 7) is 2.36. The predicted molar refractivity (Wildman–Crippen MR) is 116 cm³/mol. The van der Waals surface area contributed by atoms with Crippen molar-refractivity contribution in [3.8, 4) is 0 Å². The Kier molecular flexibility index (Phi) is 5.84. The molecule has 148 valence electrons. The molecule has 1 unspecified atom stereocenters. The summed E-state index contributed by atoms with van der Waals surface area (Å²) >= 11 is 0. The first-order valence-corrected chi connectivity index (χ1v) is 10.7. The second kappa shape index (κ2) is 8.68. The Balaban J connectivity index is 1.67. The van der Waals surface area contributed by atoms with E-state index in [1.54, 1.807) is 7.11 Å². The molecule has 1 atom stereocenters. The number of nitrogens with one attached hydrogen (secondary N) is 2. The molecule has 2 bridgehead atoms. The molecule has 28 heavy (non-hydrogen) atoms. The van der Waals surface area contributed by atoms with E-state index in [1.807, 2.05) is 24.4 Å². The summed E-state index contributed by atoms with van der Waals surface area (Å²) in [6.07, 6.45) is 16.5. The van der Waals surface area contributed by atoms with Crippen LogP contribution in [0.5, 0.6) is 0 Å². The molecule has 0 saturated heterocycles. The fourth-order valence-corrected chi connectivity index (χ4v) is 4.28. The second-order valence-electron chi connectivity index (χ2n) is 8.05. The molecule has 4 heteroatoms. The fourth-order valence-electron chi connectivity index (χ4n) is 4.28. The summed E-state index contributed by atoms with van der Waals surface area (Å²) < 4.78 is 5.62. The molecule has 1 aliphatic carbocycles. The van der Waals surface area contributed by atoms with Crippen LogP contribution in [0, 0.1) is 0 Å². The lowest BCUT2D eigenvalue weighted by atomic mass is 9.93. The first-order valence-electron chi connectivity index (χ1n) is 10.7. The van der Waals surface area contributed by atoms with Crippen LogP contribution in [0.3, 0.4) is 0 Å². The molecule has 0 fully saturated rings. The number of rotatable bonds is 3. The van der Waals surface area contributed by atoms with Crippen LogP contribution in [0.4, 0.5) is 0 Å². The Morgan fingerprint density at radius 1 is 1.14 bits per heavy atom. The van der Waals surface area contributed by atoms with Crippen LogP contribution >= 0.6 is 0 Å². The number of hydrogen-bond acceptors (Lipinski definition) is 2. The standard InChI is InChI=1S/C24H31N3O/c1-17-10-7-5-3-4-6-8-11-18-14-19(17)21(26-18)15-23-24(28-2)16-22(27-23)20-12-9-13-25-20/h9,12-17,25-26H,3-8,10-11H2,1-2H3/b23-15+. The third-order valence-corrected chi connectivity index (χ3v) is 5.94. The zero-order chi connectivity index (χ0) is 19.3. The van der Waals surface area contributed by atoms with Gasteiger partial charge in [-0.15, -0.1) is 0 Å². The number of aromatic nitrogens is 2. The van der Waals surface area contributed by atoms with Gasteiger partial charge in [-0.2, -0.15) is 0 Å². The SMILES string of the molecule is COC1=CC(c2ccc[nH]2)=N/C1=C/c1[nH]c2cc1C(C)CCCCCCCC2. The van der Waals surface area contributed by atoms with Gasteiger partial charge in [-0.05, 0) is 55.0 Å². The number of aromatic amines is 2. The molecule has 3 heterocycles. The molecular formula is C24H31N3O. The molecule has 2 N–H and O–H groups in total. The van der Waals surface area contributed by atoms with Gasteiger partial charge in [0.1, 0.15) is 11.5 Å². The number of H-pyrrole nitrogens is 2. The van der Waals surface area contributed by atoms with Gasteiger partial charge in [0, 0.05) is 23.7 Å². The van der Waals surface area contributed by atoms with Crippen LogP contribution in [0.25, 0.3) is 6.08 Å². The van der Waals surface area contributed by atoms with Crippen molar-refractivity contribution in [2.45, 2.75) is 64.2 Å². The smallest absolute Gasteiger partial charge is 0.146 e. The van der Waals surface area contributed by atoms with Crippen LogP contribution in [0.15, 0.2) is 46.9 Å². The molecule has 4 rings (SSSR count). The Bertz CT molecular complexity index is 883. The number of aryl methyl sites for hydroxylation is 1. The van der Waals surface area contributed by atoms with E-state index in [4.69, 9.17) is 9.73 Å². The maximum absolute atomic E-state index is 5.62. The Morgan fingerprint density at radius 3 is 2.75 bits per heavy atom. The summed E-state index contributed by atoms with van der Waals surface area (Å²) in [5.74, 6) is 1.37. The normalized spacial score (nSPS) is 22.4. The number of fused-ring (bicyclic) bond motifs is 2. The van der Waals surface area contributed by atoms with Crippen molar-refractivity contribution in [2.75, 3.05) is 7.11 Å². The largest absolute Gasteiger partial charge is 0.494 e. The molecule has 2 aromatic rings. The average molecular weight is 378 g/mol. The van der Waals surface area contributed by atoms with E-state index >= 15 is 0 Å². The van der Waals surface area contributed by atoms with Crippen LogP contribution in [0.2, 0.25) is 0 Å². The van der Waals surface area contributed by atoms with Crippen molar-refractivity contribution in [2.24, 2.45) is 4.99 Å².